The maximum atomic E-state index is 12.7. The summed E-state index contributed by atoms with van der Waals surface area (Å²) >= 11 is 0. The lowest BCUT2D eigenvalue weighted by atomic mass is 9.94. The molecule has 1 amide bonds. The van der Waals surface area contributed by atoms with Gasteiger partial charge in [-0.2, -0.15) is 0 Å². The van der Waals surface area contributed by atoms with E-state index < -0.39 is 6.04 Å². The third-order valence-electron chi connectivity index (χ3n) is 5.41. The number of nitrogens with one attached hydrogen (secondary N) is 1. The first kappa shape index (κ1) is 19.2. The number of hydrogen-bond donors (Lipinski definition) is 1. The summed E-state index contributed by atoms with van der Waals surface area (Å²) in [6.07, 6.45) is 0.537. The largest absolute Gasteiger partial charge is 0.468 e. The highest BCUT2D eigenvalue weighted by molar-refractivity contribution is 5.82. The first-order chi connectivity index (χ1) is 14.0. The zero-order valence-electron chi connectivity index (χ0n) is 16.6. The number of rotatable bonds is 5. The van der Waals surface area contributed by atoms with Crippen molar-refractivity contribution >= 4 is 22.8 Å². The van der Waals surface area contributed by atoms with E-state index in [1.54, 1.807) is 0 Å². The van der Waals surface area contributed by atoms with Gasteiger partial charge in [-0.05, 0) is 36.6 Å². The van der Waals surface area contributed by atoms with Crippen LogP contribution in [-0.4, -0.2) is 36.5 Å². The van der Waals surface area contributed by atoms with Gasteiger partial charge >= 0.3 is 5.97 Å². The molecule has 3 aromatic rings. The van der Waals surface area contributed by atoms with E-state index in [0.29, 0.717) is 18.7 Å². The highest BCUT2D eigenvalue weighted by Crippen LogP contribution is 2.25. The van der Waals surface area contributed by atoms with Gasteiger partial charge in [-0.15, -0.1) is 0 Å². The second-order valence-electron chi connectivity index (χ2n) is 7.39. The van der Waals surface area contributed by atoms with Gasteiger partial charge in [0.15, 0.2) is 0 Å². The predicted octanol–water partition coefficient (Wildman–Crippen LogP) is 3.21. The number of nitrogens with zero attached hydrogens (tertiary/aromatic N) is 1. The molecule has 0 saturated heterocycles. The Kier molecular flexibility index (Phi) is 5.36. The number of benzene rings is 2. The van der Waals surface area contributed by atoms with Crippen LogP contribution in [0.3, 0.4) is 0 Å². The second kappa shape index (κ2) is 8.09. The van der Waals surface area contributed by atoms with E-state index in [1.165, 1.54) is 7.11 Å². The number of amides is 1. The molecule has 6 heteroatoms. The van der Waals surface area contributed by atoms with Gasteiger partial charge in [0.05, 0.1) is 19.7 Å². The molecule has 0 aliphatic carbocycles. The number of hydrogen-bond acceptors (Lipinski definition) is 5. The number of esters is 1. The van der Waals surface area contributed by atoms with Crippen LogP contribution in [0.25, 0.3) is 11.0 Å². The molecule has 0 fully saturated rings. The number of fused-ring (bicyclic) bond motifs is 2. The first-order valence-corrected chi connectivity index (χ1v) is 9.71. The van der Waals surface area contributed by atoms with Crippen LogP contribution < -0.4 is 5.32 Å². The highest BCUT2D eigenvalue weighted by atomic mass is 16.5. The van der Waals surface area contributed by atoms with Crippen molar-refractivity contribution < 1.29 is 18.7 Å². The molecule has 0 radical (unpaired) electrons. The van der Waals surface area contributed by atoms with E-state index in [1.807, 2.05) is 66.4 Å². The number of methoxy groups -OCH3 is 1. The number of carbonyl (C=O) groups excluding carboxylic acids is 2. The zero-order valence-corrected chi connectivity index (χ0v) is 16.6. The van der Waals surface area contributed by atoms with Crippen molar-refractivity contribution in [1.29, 1.82) is 0 Å². The fourth-order valence-corrected chi connectivity index (χ4v) is 3.87. The maximum absolute atomic E-state index is 12.7. The lowest BCUT2D eigenvalue weighted by Crippen LogP contribution is -2.50. The number of carbonyl (C=O) groups is 2. The third kappa shape index (κ3) is 4.03. The number of furan rings is 1. The molecule has 1 aliphatic rings. The standard InChI is InChI=1S/C23H24N2O4/c1-15(21-12-17-8-5-6-10-20(17)29-21)24-22(26)14-25-13-18-9-4-3-7-16(18)11-19(25)23(27)28-2/h3-10,12,15,19H,11,13-14H2,1-2H3,(H,24,26)/t15-,19-/m1/s1. The van der Waals surface area contributed by atoms with Gasteiger partial charge in [0.1, 0.15) is 17.4 Å². The Hall–Kier alpha value is -3.12. The van der Waals surface area contributed by atoms with Gasteiger partial charge in [-0.25, -0.2) is 0 Å². The van der Waals surface area contributed by atoms with E-state index in [2.05, 4.69) is 5.32 Å². The average molecular weight is 392 g/mol. The maximum Gasteiger partial charge on any atom is 0.323 e. The van der Waals surface area contributed by atoms with Crippen molar-refractivity contribution in [3.05, 3.63) is 71.5 Å². The van der Waals surface area contributed by atoms with Crippen LogP contribution in [0.1, 0.15) is 29.9 Å². The van der Waals surface area contributed by atoms with Crippen molar-refractivity contribution in [2.75, 3.05) is 13.7 Å². The van der Waals surface area contributed by atoms with Crippen LogP contribution in [-0.2, 0) is 27.3 Å². The van der Waals surface area contributed by atoms with Gasteiger partial charge in [0.2, 0.25) is 5.91 Å². The van der Waals surface area contributed by atoms with Gasteiger partial charge in [-0.1, -0.05) is 42.5 Å². The van der Waals surface area contributed by atoms with E-state index in [4.69, 9.17) is 9.15 Å². The summed E-state index contributed by atoms with van der Waals surface area (Å²) < 4.78 is 10.8. The zero-order chi connectivity index (χ0) is 20.4. The lowest BCUT2D eigenvalue weighted by molar-refractivity contribution is -0.148. The molecule has 0 spiro atoms. The third-order valence-corrected chi connectivity index (χ3v) is 5.41. The molecular weight excluding hydrogens is 368 g/mol. The molecule has 29 heavy (non-hydrogen) atoms. The van der Waals surface area contributed by atoms with Crippen LogP contribution >= 0.6 is 0 Å². The van der Waals surface area contributed by atoms with E-state index >= 15 is 0 Å². The van der Waals surface area contributed by atoms with Crippen molar-refractivity contribution in [3.63, 3.8) is 0 Å². The van der Waals surface area contributed by atoms with Gasteiger partial charge < -0.3 is 14.5 Å². The van der Waals surface area contributed by atoms with Crippen LogP contribution in [0.5, 0.6) is 0 Å². The molecule has 2 atom stereocenters. The topological polar surface area (TPSA) is 71.8 Å². The summed E-state index contributed by atoms with van der Waals surface area (Å²) in [5.74, 6) is 0.219. The Labute approximate surface area is 169 Å². The Bertz CT molecular complexity index is 1010. The molecule has 4 rings (SSSR count). The monoisotopic (exact) mass is 392 g/mol. The molecule has 0 unspecified atom stereocenters. The number of para-hydroxylation sites is 1. The van der Waals surface area contributed by atoms with Crippen LogP contribution in [0.15, 0.2) is 59.0 Å². The minimum absolute atomic E-state index is 0.110. The summed E-state index contributed by atoms with van der Waals surface area (Å²) in [7, 11) is 1.38. The van der Waals surface area contributed by atoms with E-state index in [0.717, 1.165) is 22.1 Å². The minimum atomic E-state index is -0.470. The Balaban J connectivity index is 1.46. The molecule has 1 N–H and O–H groups in total. The van der Waals surface area contributed by atoms with Crippen molar-refractivity contribution in [2.45, 2.75) is 32.0 Å². The molecule has 1 aromatic heterocycles. The van der Waals surface area contributed by atoms with Crippen molar-refractivity contribution in [2.24, 2.45) is 0 Å². The second-order valence-corrected chi connectivity index (χ2v) is 7.39. The van der Waals surface area contributed by atoms with Crippen molar-refractivity contribution in [1.82, 2.24) is 10.2 Å². The van der Waals surface area contributed by atoms with Crippen molar-refractivity contribution in [3.8, 4) is 0 Å². The fraction of sp³-hybridized carbons (Fsp3) is 0.304. The molecule has 0 saturated carbocycles. The Morgan fingerprint density at radius 3 is 2.66 bits per heavy atom. The van der Waals surface area contributed by atoms with E-state index in [9.17, 15) is 9.59 Å². The quantitative estimate of drug-likeness (QED) is 0.675. The summed E-state index contributed by atoms with van der Waals surface area (Å²) in [5.41, 5.74) is 3.04. The number of ether oxygens (including phenoxy) is 1. The lowest BCUT2D eigenvalue weighted by Gasteiger charge is -2.34. The normalized spacial score (nSPS) is 17.5. The molecule has 2 heterocycles. The molecule has 6 nitrogen and oxygen atoms in total. The summed E-state index contributed by atoms with van der Waals surface area (Å²) in [5, 5.41) is 3.98. The molecule has 0 bridgehead atoms. The minimum Gasteiger partial charge on any atom is -0.468 e. The fourth-order valence-electron chi connectivity index (χ4n) is 3.87. The first-order valence-electron chi connectivity index (χ1n) is 9.71. The Morgan fingerprint density at radius 1 is 1.17 bits per heavy atom. The van der Waals surface area contributed by atoms with Gasteiger partial charge in [0.25, 0.3) is 0 Å². The summed E-state index contributed by atoms with van der Waals surface area (Å²) in [6.45, 7) is 2.53. The SMILES string of the molecule is COC(=O)[C@H]1Cc2ccccc2CN1CC(=O)N[C@H](C)c1cc2ccccc2o1. The molecule has 1 aliphatic heterocycles. The van der Waals surface area contributed by atoms with Gasteiger partial charge in [-0.3, -0.25) is 14.5 Å². The smallest absolute Gasteiger partial charge is 0.323 e. The highest BCUT2D eigenvalue weighted by Gasteiger charge is 2.33. The van der Waals surface area contributed by atoms with Crippen LogP contribution in [0.4, 0.5) is 0 Å². The predicted molar refractivity (Wildman–Crippen MR) is 109 cm³/mol. The van der Waals surface area contributed by atoms with Crippen LogP contribution in [0.2, 0.25) is 0 Å². The van der Waals surface area contributed by atoms with Crippen LogP contribution in [0, 0.1) is 0 Å². The summed E-state index contributed by atoms with van der Waals surface area (Å²) in [4.78, 5) is 26.9. The summed E-state index contributed by atoms with van der Waals surface area (Å²) in [6, 6.07) is 16.9. The Morgan fingerprint density at radius 2 is 1.90 bits per heavy atom. The molecular formula is C23H24N2O4. The average Bonchev–Trinajstić information content (AvgIpc) is 3.17. The molecule has 2 aromatic carbocycles. The van der Waals surface area contributed by atoms with Gasteiger partial charge in [0, 0.05) is 11.9 Å². The molecule has 150 valence electrons. The van der Waals surface area contributed by atoms with E-state index in [-0.39, 0.29) is 24.5 Å².